The van der Waals surface area contributed by atoms with Crippen molar-refractivity contribution >= 4 is 21.8 Å². The summed E-state index contributed by atoms with van der Waals surface area (Å²) >= 11 is 3.28. The molecule has 2 rings (SSSR count). The van der Waals surface area contributed by atoms with Gasteiger partial charge in [0.05, 0.1) is 4.47 Å². The van der Waals surface area contributed by atoms with Crippen molar-refractivity contribution < 1.29 is 9.18 Å². The summed E-state index contributed by atoms with van der Waals surface area (Å²) in [5.74, 6) is 0.461. The number of carbonyl (C=O) groups is 1. The highest BCUT2D eigenvalue weighted by Crippen LogP contribution is 2.35. The lowest BCUT2D eigenvalue weighted by molar-refractivity contribution is -0.131. The van der Waals surface area contributed by atoms with Crippen molar-refractivity contribution in [1.82, 2.24) is 4.90 Å². The summed E-state index contributed by atoms with van der Waals surface area (Å²) in [5, 5.41) is 0. The first-order chi connectivity index (χ1) is 9.79. The Morgan fingerprint density at radius 3 is 2.71 bits per heavy atom. The lowest BCUT2D eigenvalue weighted by Gasteiger charge is -2.29. The van der Waals surface area contributed by atoms with Crippen molar-refractivity contribution in [2.24, 2.45) is 11.3 Å². The number of amides is 1. The van der Waals surface area contributed by atoms with Crippen LogP contribution in [0, 0.1) is 17.2 Å². The number of hydrogen-bond donors (Lipinski definition) is 0. The molecule has 0 radical (unpaired) electrons. The van der Waals surface area contributed by atoms with E-state index in [1.165, 1.54) is 6.07 Å². The lowest BCUT2D eigenvalue weighted by Crippen LogP contribution is -2.30. The smallest absolute Gasteiger partial charge is 0.222 e. The maximum Gasteiger partial charge on any atom is 0.222 e. The number of nitrogens with zero attached hydrogens (tertiary/aromatic N) is 1. The molecule has 1 unspecified atom stereocenters. The number of carbonyl (C=O) groups excluding carboxylic acids is 1. The van der Waals surface area contributed by atoms with E-state index in [-0.39, 0.29) is 17.1 Å². The molecular weight excluding hydrogens is 333 g/mol. The molecule has 1 aromatic rings. The van der Waals surface area contributed by atoms with Gasteiger partial charge in [0.15, 0.2) is 0 Å². The highest BCUT2D eigenvalue weighted by Gasteiger charge is 2.30. The van der Waals surface area contributed by atoms with Crippen LogP contribution >= 0.6 is 15.9 Å². The van der Waals surface area contributed by atoms with Gasteiger partial charge in [-0.05, 0) is 51.7 Å². The van der Waals surface area contributed by atoms with Gasteiger partial charge in [0, 0.05) is 19.5 Å². The molecule has 1 heterocycles. The zero-order valence-corrected chi connectivity index (χ0v) is 14.5. The summed E-state index contributed by atoms with van der Waals surface area (Å²) < 4.78 is 14.0. The number of likely N-dealkylation sites (tertiary alicyclic amines) is 1. The molecule has 116 valence electrons. The summed E-state index contributed by atoms with van der Waals surface area (Å²) in [4.78, 5) is 14.2. The van der Waals surface area contributed by atoms with E-state index in [4.69, 9.17) is 0 Å². The Hall–Kier alpha value is -0.900. The normalized spacial score (nSPS) is 20.5. The van der Waals surface area contributed by atoms with E-state index < -0.39 is 0 Å². The lowest BCUT2D eigenvalue weighted by atomic mass is 9.77. The molecule has 1 amide bonds. The van der Waals surface area contributed by atoms with E-state index in [0.29, 0.717) is 23.4 Å². The van der Waals surface area contributed by atoms with Gasteiger partial charge in [0.25, 0.3) is 0 Å². The predicted molar refractivity (Wildman–Crippen MR) is 86.3 cm³/mol. The third-order valence-corrected chi connectivity index (χ3v) is 5.31. The van der Waals surface area contributed by atoms with Crippen molar-refractivity contribution in [3.63, 3.8) is 0 Å². The van der Waals surface area contributed by atoms with Crippen molar-refractivity contribution in [3.05, 3.63) is 34.1 Å². The van der Waals surface area contributed by atoms with Gasteiger partial charge in [0.2, 0.25) is 5.91 Å². The van der Waals surface area contributed by atoms with E-state index in [0.717, 1.165) is 24.9 Å². The summed E-state index contributed by atoms with van der Waals surface area (Å²) in [6, 6.07) is 4.98. The maximum atomic E-state index is 13.6. The second-order valence-corrected chi connectivity index (χ2v) is 7.71. The summed E-state index contributed by atoms with van der Waals surface area (Å²) in [7, 11) is 0. The monoisotopic (exact) mass is 355 g/mol. The van der Waals surface area contributed by atoms with Crippen LogP contribution < -0.4 is 0 Å². The van der Waals surface area contributed by atoms with Crippen LogP contribution in [-0.2, 0) is 11.3 Å². The molecule has 1 aliphatic heterocycles. The first kappa shape index (κ1) is 16.5. The molecule has 0 aliphatic carbocycles. The van der Waals surface area contributed by atoms with Gasteiger partial charge in [-0.1, -0.05) is 32.9 Å². The van der Waals surface area contributed by atoms with Gasteiger partial charge in [-0.15, -0.1) is 0 Å². The Morgan fingerprint density at radius 1 is 1.33 bits per heavy atom. The molecule has 2 nitrogen and oxygen atoms in total. The zero-order valence-electron chi connectivity index (χ0n) is 13.0. The fourth-order valence-electron chi connectivity index (χ4n) is 2.95. The molecule has 1 aliphatic rings. The highest BCUT2D eigenvalue weighted by atomic mass is 79.9. The Bertz CT molecular complexity index is 524. The van der Waals surface area contributed by atoms with Gasteiger partial charge >= 0.3 is 0 Å². The molecule has 0 saturated carbocycles. The number of halogens is 2. The van der Waals surface area contributed by atoms with E-state index in [2.05, 4.69) is 36.7 Å². The van der Waals surface area contributed by atoms with E-state index in [1.807, 2.05) is 11.0 Å². The van der Waals surface area contributed by atoms with Crippen LogP contribution in [0.3, 0.4) is 0 Å². The fraction of sp³-hybridized carbons (Fsp3) is 0.588. The molecule has 4 heteroatoms. The van der Waals surface area contributed by atoms with Crippen molar-refractivity contribution in [3.8, 4) is 0 Å². The Labute approximate surface area is 134 Å². The second-order valence-electron chi connectivity index (χ2n) is 6.92. The second kappa shape index (κ2) is 6.47. The minimum atomic E-state index is -0.276. The third kappa shape index (κ3) is 4.06. The third-order valence-electron chi connectivity index (χ3n) is 4.42. The minimum absolute atomic E-state index is 0.179. The molecular formula is C17H23BrFNO. The van der Waals surface area contributed by atoms with Gasteiger partial charge in [0.1, 0.15) is 5.82 Å². The van der Waals surface area contributed by atoms with Gasteiger partial charge in [-0.2, -0.15) is 0 Å². The van der Waals surface area contributed by atoms with Crippen molar-refractivity contribution in [2.75, 3.05) is 6.54 Å². The molecule has 0 N–H and O–H groups in total. The topological polar surface area (TPSA) is 20.3 Å². The average Bonchev–Trinajstić information content (AvgIpc) is 2.57. The quantitative estimate of drug-likeness (QED) is 0.748. The van der Waals surface area contributed by atoms with Crippen LogP contribution in [0.4, 0.5) is 4.39 Å². The molecule has 0 aromatic heterocycles. The Morgan fingerprint density at radius 2 is 2.05 bits per heavy atom. The zero-order chi connectivity index (χ0) is 15.6. The van der Waals surface area contributed by atoms with Crippen LogP contribution in [0.15, 0.2) is 22.7 Å². The van der Waals surface area contributed by atoms with E-state index >= 15 is 0 Å². The van der Waals surface area contributed by atoms with Gasteiger partial charge in [-0.25, -0.2) is 4.39 Å². The first-order valence-electron chi connectivity index (χ1n) is 7.49. The standard InChI is InChI=1S/C17H23BrFNO/c1-17(2,3)13-7-8-15(21)20(10-9-13)11-12-5-4-6-14(19)16(12)18/h4-6,13H,7-11H2,1-3H3. The highest BCUT2D eigenvalue weighted by molar-refractivity contribution is 9.10. The summed E-state index contributed by atoms with van der Waals surface area (Å²) in [5.41, 5.74) is 1.06. The molecule has 0 bridgehead atoms. The first-order valence-corrected chi connectivity index (χ1v) is 8.29. The average molecular weight is 356 g/mol. The molecule has 21 heavy (non-hydrogen) atoms. The van der Waals surface area contributed by atoms with Crippen LogP contribution in [0.25, 0.3) is 0 Å². The molecule has 1 atom stereocenters. The number of rotatable bonds is 2. The Kier molecular flexibility index (Phi) is 5.07. The fourth-order valence-corrected chi connectivity index (χ4v) is 3.34. The molecule has 1 aromatic carbocycles. The van der Waals surface area contributed by atoms with Gasteiger partial charge in [-0.3, -0.25) is 4.79 Å². The van der Waals surface area contributed by atoms with Crippen molar-refractivity contribution in [1.29, 1.82) is 0 Å². The van der Waals surface area contributed by atoms with Gasteiger partial charge < -0.3 is 4.90 Å². The molecule has 1 fully saturated rings. The van der Waals surface area contributed by atoms with Crippen molar-refractivity contribution in [2.45, 2.75) is 46.6 Å². The van der Waals surface area contributed by atoms with E-state index in [9.17, 15) is 9.18 Å². The number of benzene rings is 1. The predicted octanol–water partition coefficient (Wildman–Crippen LogP) is 4.76. The molecule has 0 spiro atoms. The summed E-state index contributed by atoms with van der Waals surface area (Å²) in [6.45, 7) is 7.95. The molecule has 1 saturated heterocycles. The summed E-state index contributed by atoms with van der Waals surface area (Å²) in [6.07, 6.45) is 2.56. The van der Waals surface area contributed by atoms with Crippen LogP contribution in [0.1, 0.15) is 45.6 Å². The van der Waals surface area contributed by atoms with E-state index in [1.54, 1.807) is 6.07 Å². The number of hydrogen-bond acceptors (Lipinski definition) is 1. The van der Waals surface area contributed by atoms with Crippen LogP contribution in [0.2, 0.25) is 0 Å². The largest absolute Gasteiger partial charge is 0.338 e. The van der Waals surface area contributed by atoms with Crippen LogP contribution in [-0.4, -0.2) is 17.4 Å². The SMILES string of the molecule is CC(C)(C)C1CCC(=O)N(Cc2cccc(F)c2Br)CC1. The minimum Gasteiger partial charge on any atom is -0.338 e. The van der Waals surface area contributed by atoms with Crippen LogP contribution in [0.5, 0.6) is 0 Å². The maximum absolute atomic E-state index is 13.6. The Balaban J connectivity index is 2.10.